The Morgan fingerprint density at radius 3 is 2.77 bits per heavy atom. The van der Waals surface area contributed by atoms with E-state index in [2.05, 4.69) is 11.8 Å². The normalized spacial score (nSPS) is 11.7. The Bertz CT molecular complexity index is 363. The molecule has 1 aromatic carbocycles. The second kappa shape index (κ2) is 4.27. The summed E-state index contributed by atoms with van der Waals surface area (Å²) in [4.78, 5) is 0. The Kier molecular flexibility index (Phi) is 3.30. The molecule has 0 fully saturated rings. The van der Waals surface area contributed by atoms with E-state index in [-0.39, 0.29) is 5.02 Å². The molecule has 0 aliphatic carbocycles. The Labute approximate surface area is 81.2 Å². The van der Waals surface area contributed by atoms with E-state index in [1.165, 1.54) is 12.1 Å². The zero-order chi connectivity index (χ0) is 9.84. The molecule has 0 bridgehead atoms. The van der Waals surface area contributed by atoms with Crippen molar-refractivity contribution in [2.45, 2.75) is 13.0 Å². The van der Waals surface area contributed by atoms with Gasteiger partial charge in [0.2, 0.25) is 0 Å². The van der Waals surface area contributed by atoms with Gasteiger partial charge in [0.15, 0.2) is 0 Å². The number of hydrogen-bond acceptors (Lipinski definition) is 1. The van der Waals surface area contributed by atoms with Crippen LogP contribution in [0.5, 0.6) is 0 Å². The molecule has 0 saturated carbocycles. The van der Waals surface area contributed by atoms with Gasteiger partial charge in [-0.25, -0.2) is 4.39 Å². The third-order valence-corrected chi connectivity index (χ3v) is 1.65. The number of halogens is 2. The maximum atomic E-state index is 12.8. The highest BCUT2D eigenvalue weighted by Gasteiger charge is 1.98. The summed E-state index contributed by atoms with van der Waals surface area (Å²) < 4.78 is 12.8. The summed E-state index contributed by atoms with van der Waals surface area (Å²) >= 11 is 5.47. The zero-order valence-electron chi connectivity index (χ0n) is 7.01. The number of hydrogen-bond donors (Lipinski definition) is 1. The molecule has 13 heavy (non-hydrogen) atoms. The van der Waals surface area contributed by atoms with E-state index >= 15 is 0 Å². The molecule has 0 spiro atoms. The quantitative estimate of drug-likeness (QED) is 0.634. The van der Waals surface area contributed by atoms with Gasteiger partial charge in [-0.05, 0) is 25.1 Å². The largest absolute Gasteiger partial charge is 0.381 e. The molecular formula is C10H8ClFO. The molecule has 1 rings (SSSR count). The minimum Gasteiger partial charge on any atom is -0.381 e. The summed E-state index contributed by atoms with van der Waals surface area (Å²) in [6, 6.07) is 4.27. The SMILES string of the molecule is CC(O)C#Cc1ccc(Cl)c(F)c1. The van der Waals surface area contributed by atoms with Crippen LogP contribution in [0.1, 0.15) is 12.5 Å². The predicted molar refractivity (Wildman–Crippen MR) is 50.0 cm³/mol. The molecule has 1 N–H and O–H groups in total. The number of aliphatic hydroxyl groups is 1. The van der Waals surface area contributed by atoms with E-state index < -0.39 is 11.9 Å². The standard InChI is InChI=1S/C10H8ClFO/c1-7(13)2-3-8-4-5-9(11)10(12)6-8/h4-7,13H,1H3. The van der Waals surface area contributed by atoms with E-state index in [0.29, 0.717) is 5.56 Å². The molecule has 0 aliphatic heterocycles. The zero-order valence-corrected chi connectivity index (χ0v) is 7.77. The first kappa shape index (κ1) is 10.0. The average molecular weight is 199 g/mol. The Morgan fingerprint density at radius 1 is 1.54 bits per heavy atom. The van der Waals surface area contributed by atoms with Crippen molar-refractivity contribution in [1.82, 2.24) is 0 Å². The van der Waals surface area contributed by atoms with E-state index in [1.807, 2.05) is 0 Å². The van der Waals surface area contributed by atoms with Crippen LogP contribution in [0, 0.1) is 17.7 Å². The fourth-order valence-corrected chi connectivity index (χ4v) is 0.879. The summed E-state index contributed by atoms with van der Waals surface area (Å²) in [5.74, 6) is 4.62. The van der Waals surface area contributed by atoms with Crippen LogP contribution in [0.25, 0.3) is 0 Å². The summed E-state index contributed by atoms with van der Waals surface area (Å²) in [5.41, 5.74) is 0.503. The topological polar surface area (TPSA) is 20.2 Å². The van der Waals surface area contributed by atoms with Crippen molar-refractivity contribution in [2.24, 2.45) is 0 Å². The summed E-state index contributed by atoms with van der Waals surface area (Å²) in [6.45, 7) is 1.54. The molecule has 3 heteroatoms. The van der Waals surface area contributed by atoms with Crippen LogP contribution in [0.2, 0.25) is 5.02 Å². The molecule has 1 unspecified atom stereocenters. The number of aliphatic hydroxyl groups excluding tert-OH is 1. The van der Waals surface area contributed by atoms with Crippen molar-refractivity contribution in [3.8, 4) is 11.8 Å². The smallest absolute Gasteiger partial charge is 0.143 e. The Balaban J connectivity index is 2.94. The van der Waals surface area contributed by atoms with Gasteiger partial charge in [-0.3, -0.25) is 0 Å². The van der Waals surface area contributed by atoms with Crippen LogP contribution in [0.15, 0.2) is 18.2 Å². The lowest BCUT2D eigenvalue weighted by atomic mass is 10.2. The minimum atomic E-state index is -0.710. The van der Waals surface area contributed by atoms with Gasteiger partial charge < -0.3 is 5.11 Å². The van der Waals surface area contributed by atoms with Gasteiger partial charge in [0.25, 0.3) is 0 Å². The first-order valence-corrected chi connectivity index (χ1v) is 4.12. The first-order valence-electron chi connectivity index (χ1n) is 3.74. The van der Waals surface area contributed by atoms with Crippen LogP contribution < -0.4 is 0 Å². The highest BCUT2D eigenvalue weighted by Crippen LogP contribution is 2.14. The van der Waals surface area contributed by atoms with Crippen molar-refractivity contribution >= 4 is 11.6 Å². The lowest BCUT2D eigenvalue weighted by Gasteiger charge is -1.94. The average Bonchev–Trinajstić information content (AvgIpc) is 2.07. The lowest BCUT2D eigenvalue weighted by molar-refractivity contribution is 0.253. The van der Waals surface area contributed by atoms with Gasteiger partial charge in [-0.15, -0.1) is 0 Å². The highest BCUT2D eigenvalue weighted by molar-refractivity contribution is 6.30. The summed E-state index contributed by atoms with van der Waals surface area (Å²) in [7, 11) is 0. The van der Waals surface area contributed by atoms with Gasteiger partial charge in [-0.1, -0.05) is 23.4 Å². The first-order chi connectivity index (χ1) is 6.09. The molecule has 0 aliphatic rings. The second-order valence-corrected chi connectivity index (χ2v) is 2.98. The summed E-state index contributed by atoms with van der Waals surface area (Å²) in [6.07, 6.45) is -0.710. The van der Waals surface area contributed by atoms with Crippen LogP contribution >= 0.6 is 11.6 Å². The fraction of sp³-hybridized carbons (Fsp3) is 0.200. The molecule has 0 amide bonds. The molecule has 0 heterocycles. The molecule has 0 aromatic heterocycles. The second-order valence-electron chi connectivity index (χ2n) is 2.57. The lowest BCUT2D eigenvalue weighted by Crippen LogP contribution is -1.92. The van der Waals surface area contributed by atoms with E-state index in [4.69, 9.17) is 16.7 Å². The molecule has 1 atom stereocenters. The Morgan fingerprint density at radius 2 is 2.23 bits per heavy atom. The van der Waals surface area contributed by atoms with Gasteiger partial charge in [0, 0.05) is 5.56 Å². The number of rotatable bonds is 0. The maximum Gasteiger partial charge on any atom is 0.143 e. The molecule has 68 valence electrons. The highest BCUT2D eigenvalue weighted by atomic mass is 35.5. The third kappa shape index (κ3) is 3.06. The summed E-state index contributed by atoms with van der Waals surface area (Å²) in [5, 5.41) is 8.92. The molecule has 1 nitrogen and oxygen atoms in total. The third-order valence-electron chi connectivity index (χ3n) is 1.34. The fourth-order valence-electron chi connectivity index (χ4n) is 0.762. The van der Waals surface area contributed by atoms with Gasteiger partial charge in [-0.2, -0.15) is 0 Å². The molecule has 0 radical (unpaired) electrons. The van der Waals surface area contributed by atoms with E-state index in [0.717, 1.165) is 0 Å². The van der Waals surface area contributed by atoms with Crippen LogP contribution in [0.4, 0.5) is 4.39 Å². The van der Waals surface area contributed by atoms with Crippen LogP contribution in [-0.4, -0.2) is 11.2 Å². The minimum absolute atomic E-state index is 0.0718. The molecular weight excluding hydrogens is 191 g/mol. The Hall–Kier alpha value is -1.04. The molecule has 0 saturated heterocycles. The van der Waals surface area contributed by atoms with Gasteiger partial charge >= 0.3 is 0 Å². The predicted octanol–water partition coefficient (Wildman–Crippen LogP) is 2.21. The van der Waals surface area contributed by atoms with Crippen molar-refractivity contribution in [2.75, 3.05) is 0 Å². The van der Waals surface area contributed by atoms with E-state index in [9.17, 15) is 4.39 Å². The molecule has 1 aromatic rings. The van der Waals surface area contributed by atoms with Crippen molar-refractivity contribution in [3.05, 3.63) is 34.6 Å². The van der Waals surface area contributed by atoms with Crippen LogP contribution in [-0.2, 0) is 0 Å². The number of benzene rings is 1. The van der Waals surface area contributed by atoms with Crippen LogP contribution in [0.3, 0.4) is 0 Å². The van der Waals surface area contributed by atoms with Crippen molar-refractivity contribution in [1.29, 1.82) is 0 Å². The monoisotopic (exact) mass is 198 g/mol. The van der Waals surface area contributed by atoms with Crippen molar-refractivity contribution in [3.63, 3.8) is 0 Å². The van der Waals surface area contributed by atoms with Gasteiger partial charge in [0.05, 0.1) is 5.02 Å². The van der Waals surface area contributed by atoms with Gasteiger partial charge in [0.1, 0.15) is 11.9 Å². The van der Waals surface area contributed by atoms with Crippen molar-refractivity contribution < 1.29 is 9.50 Å². The maximum absolute atomic E-state index is 12.8. The van der Waals surface area contributed by atoms with E-state index in [1.54, 1.807) is 13.0 Å².